The van der Waals surface area contributed by atoms with Crippen molar-refractivity contribution in [2.24, 2.45) is 4.99 Å². The maximum Gasteiger partial charge on any atom is 0.341 e. The molecule has 0 aromatic heterocycles. The number of amides is 1. The van der Waals surface area contributed by atoms with Crippen molar-refractivity contribution in [3.63, 3.8) is 0 Å². The summed E-state index contributed by atoms with van der Waals surface area (Å²) in [5.41, 5.74) is 1.19. The summed E-state index contributed by atoms with van der Waals surface area (Å²) in [6.45, 7) is 3.50. The molecule has 1 fully saturated rings. The number of para-hydroxylation sites is 1. The average molecular weight is 410 g/mol. The van der Waals surface area contributed by atoms with Gasteiger partial charge in [0.15, 0.2) is 11.8 Å². The lowest BCUT2D eigenvalue weighted by molar-refractivity contribution is -0.139. The summed E-state index contributed by atoms with van der Waals surface area (Å²) in [6, 6.07) is 13.2. The van der Waals surface area contributed by atoms with E-state index in [1.54, 1.807) is 48.6 Å². The quantitative estimate of drug-likeness (QED) is 0.534. The number of ether oxygens (including phenoxy) is 1. The van der Waals surface area contributed by atoms with Gasteiger partial charge in [-0.25, -0.2) is 9.79 Å². The monoisotopic (exact) mass is 410 g/mol. The number of aliphatic imine (C=N–C) groups is 1. The fraction of sp³-hybridized carbons (Fsp3) is 0.0952. The van der Waals surface area contributed by atoms with E-state index >= 15 is 0 Å². The minimum atomic E-state index is -1.08. The second kappa shape index (κ2) is 9.11. The van der Waals surface area contributed by atoms with E-state index in [1.165, 1.54) is 28.8 Å². The summed E-state index contributed by atoms with van der Waals surface area (Å²) in [5.74, 6) is -0.819. The fourth-order valence-corrected chi connectivity index (χ4v) is 3.53. The molecule has 1 aliphatic heterocycles. The smallest absolute Gasteiger partial charge is 0.341 e. The van der Waals surface area contributed by atoms with Crippen molar-refractivity contribution in [2.45, 2.75) is 0 Å². The molecule has 0 spiro atoms. The lowest BCUT2D eigenvalue weighted by atomic mass is 10.2. The van der Waals surface area contributed by atoms with Crippen LogP contribution in [0.2, 0.25) is 0 Å². The number of nitrogens with zero attached hydrogens (tertiary/aromatic N) is 2. The molecule has 0 saturated carbocycles. The molecule has 2 N–H and O–H groups in total. The number of amidine groups is 1. The highest BCUT2D eigenvalue weighted by atomic mass is 32.2. The van der Waals surface area contributed by atoms with Gasteiger partial charge < -0.3 is 14.9 Å². The van der Waals surface area contributed by atoms with Gasteiger partial charge in [0, 0.05) is 12.1 Å². The molecule has 0 atom stereocenters. The van der Waals surface area contributed by atoms with Crippen LogP contribution in [0.4, 0.5) is 5.69 Å². The van der Waals surface area contributed by atoms with Crippen molar-refractivity contribution in [1.82, 2.24) is 4.90 Å². The van der Waals surface area contributed by atoms with Gasteiger partial charge in [0.05, 0.1) is 10.6 Å². The third kappa shape index (κ3) is 5.05. The molecule has 8 heteroatoms. The Hall–Kier alpha value is -3.52. The van der Waals surface area contributed by atoms with E-state index in [1.807, 2.05) is 0 Å². The average Bonchev–Trinajstić information content (AvgIpc) is 2.98. The second-order valence-corrected chi connectivity index (χ2v) is 6.96. The molecular weight excluding hydrogens is 392 g/mol. The molecule has 7 nitrogen and oxygen atoms in total. The molecule has 1 saturated heterocycles. The number of hydrogen-bond donors (Lipinski definition) is 2. The maximum atomic E-state index is 12.9. The van der Waals surface area contributed by atoms with Crippen LogP contribution >= 0.6 is 11.8 Å². The minimum Gasteiger partial charge on any atom is -0.508 e. The Morgan fingerprint density at radius 1 is 1.21 bits per heavy atom. The molecule has 148 valence electrons. The molecule has 2 aromatic carbocycles. The Labute approximate surface area is 171 Å². The first-order valence-electron chi connectivity index (χ1n) is 8.61. The second-order valence-electron chi connectivity index (χ2n) is 5.95. The van der Waals surface area contributed by atoms with Gasteiger partial charge in [-0.15, -0.1) is 6.58 Å². The molecule has 0 bridgehead atoms. The van der Waals surface area contributed by atoms with Crippen molar-refractivity contribution in [3.05, 3.63) is 71.7 Å². The van der Waals surface area contributed by atoms with Crippen LogP contribution in [0, 0.1) is 0 Å². The Kier molecular flexibility index (Phi) is 6.36. The number of aromatic hydroxyl groups is 1. The topological polar surface area (TPSA) is 99.4 Å². The SMILES string of the molecule is C=CCN1C(=O)/C(=C/c2ccccc2OCC(=O)O)SC1=Nc1ccc(O)cc1. The van der Waals surface area contributed by atoms with Gasteiger partial charge in [-0.2, -0.15) is 0 Å². The number of thioether (sulfide) groups is 1. The van der Waals surface area contributed by atoms with Crippen LogP contribution in [0.3, 0.4) is 0 Å². The molecule has 1 aliphatic rings. The molecule has 29 heavy (non-hydrogen) atoms. The summed E-state index contributed by atoms with van der Waals surface area (Å²) >= 11 is 1.20. The van der Waals surface area contributed by atoms with E-state index in [9.17, 15) is 14.7 Å². The van der Waals surface area contributed by atoms with E-state index in [2.05, 4.69) is 11.6 Å². The number of hydrogen-bond acceptors (Lipinski definition) is 6. The highest BCUT2D eigenvalue weighted by molar-refractivity contribution is 8.18. The number of carboxylic acid groups (broad SMARTS) is 1. The Bertz CT molecular complexity index is 998. The van der Waals surface area contributed by atoms with E-state index in [0.717, 1.165) is 0 Å². The predicted molar refractivity (Wildman–Crippen MR) is 112 cm³/mol. The lowest BCUT2D eigenvalue weighted by Gasteiger charge is -2.12. The number of carbonyl (C=O) groups excluding carboxylic acids is 1. The van der Waals surface area contributed by atoms with E-state index in [4.69, 9.17) is 9.84 Å². The van der Waals surface area contributed by atoms with Crippen LogP contribution in [0.5, 0.6) is 11.5 Å². The molecule has 3 rings (SSSR count). The number of phenolic OH excluding ortho intramolecular Hbond substituents is 1. The first-order chi connectivity index (χ1) is 14.0. The van der Waals surface area contributed by atoms with Crippen molar-refractivity contribution in [2.75, 3.05) is 13.2 Å². The molecule has 1 heterocycles. The van der Waals surface area contributed by atoms with E-state index in [-0.39, 0.29) is 18.2 Å². The van der Waals surface area contributed by atoms with Crippen molar-refractivity contribution in [1.29, 1.82) is 0 Å². The number of carbonyl (C=O) groups is 2. The fourth-order valence-electron chi connectivity index (χ4n) is 2.53. The van der Waals surface area contributed by atoms with Gasteiger partial charge in [0.1, 0.15) is 11.5 Å². The third-order valence-electron chi connectivity index (χ3n) is 3.83. The van der Waals surface area contributed by atoms with Gasteiger partial charge in [-0.05, 0) is 48.2 Å². The van der Waals surface area contributed by atoms with Crippen LogP contribution in [0.1, 0.15) is 5.56 Å². The van der Waals surface area contributed by atoms with Crippen molar-refractivity contribution >= 4 is 40.6 Å². The van der Waals surface area contributed by atoms with Gasteiger partial charge >= 0.3 is 5.97 Å². The Morgan fingerprint density at radius 3 is 2.62 bits per heavy atom. The number of aliphatic carboxylic acids is 1. The maximum absolute atomic E-state index is 12.9. The zero-order valence-corrected chi connectivity index (χ0v) is 16.1. The van der Waals surface area contributed by atoms with Gasteiger partial charge in [-0.1, -0.05) is 24.3 Å². The first-order valence-corrected chi connectivity index (χ1v) is 9.43. The van der Waals surface area contributed by atoms with Crippen LogP contribution < -0.4 is 4.74 Å². The first kappa shape index (κ1) is 20.2. The summed E-state index contributed by atoms with van der Waals surface area (Å²) in [5, 5.41) is 18.7. The summed E-state index contributed by atoms with van der Waals surface area (Å²) in [7, 11) is 0. The van der Waals surface area contributed by atoms with E-state index < -0.39 is 12.6 Å². The normalized spacial score (nSPS) is 16.4. The Balaban J connectivity index is 1.93. The zero-order valence-electron chi connectivity index (χ0n) is 15.3. The number of phenols is 1. The highest BCUT2D eigenvalue weighted by Crippen LogP contribution is 2.35. The molecule has 0 radical (unpaired) electrons. The number of carboxylic acids is 1. The molecule has 1 amide bonds. The molecule has 0 aliphatic carbocycles. The van der Waals surface area contributed by atoms with Gasteiger partial charge in [0.25, 0.3) is 5.91 Å². The summed E-state index contributed by atoms with van der Waals surface area (Å²) in [6.07, 6.45) is 3.26. The molecular formula is C21H18N2O5S. The van der Waals surface area contributed by atoms with Gasteiger partial charge in [0.2, 0.25) is 0 Å². The van der Waals surface area contributed by atoms with Crippen LogP contribution in [-0.2, 0) is 9.59 Å². The number of rotatable bonds is 7. The predicted octanol–water partition coefficient (Wildman–Crippen LogP) is 3.65. The highest BCUT2D eigenvalue weighted by Gasteiger charge is 2.32. The minimum absolute atomic E-state index is 0.130. The third-order valence-corrected chi connectivity index (χ3v) is 4.84. The van der Waals surface area contributed by atoms with Crippen molar-refractivity contribution in [3.8, 4) is 11.5 Å². The lowest BCUT2D eigenvalue weighted by Crippen LogP contribution is -2.29. The van der Waals surface area contributed by atoms with E-state index in [0.29, 0.717) is 27.1 Å². The van der Waals surface area contributed by atoms with Crippen molar-refractivity contribution < 1.29 is 24.5 Å². The molecule has 0 unspecified atom stereocenters. The number of benzene rings is 2. The van der Waals surface area contributed by atoms with Gasteiger partial charge in [-0.3, -0.25) is 9.69 Å². The standard InChI is InChI=1S/C21H18N2O5S/c1-2-11-23-20(27)18(29-21(23)22-15-7-9-16(24)10-8-15)12-14-5-3-4-6-17(14)28-13-19(25)26/h2-10,12,24H,1,11,13H2,(H,25,26)/b18-12-,22-21?. The molecule has 2 aromatic rings. The largest absolute Gasteiger partial charge is 0.508 e. The summed E-state index contributed by atoms with van der Waals surface area (Å²) in [4.78, 5) is 30.1. The zero-order chi connectivity index (χ0) is 20.8. The van der Waals surface area contributed by atoms with Crippen LogP contribution in [0.15, 0.2) is 71.1 Å². The van der Waals surface area contributed by atoms with Crippen LogP contribution in [0.25, 0.3) is 6.08 Å². The summed E-state index contributed by atoms with van der Waals surface area (Å²) < 4.78 is 5.30. The van der Waals surface area contributed by atoms with Crippen LogP contribution in [-0.4, -0.2) is 45.3 Å². The Morgan fingerprint density at radius 2 is 1.93 bits per heavy atom.